The van der Waals surface area contributed by atoms with Crippen LogP contribution in [0.25, 0.3) is 0 Å². The molecule has 2 rings (SSSR count). The zero-order valence-corrected chi connectivity index (χ0v) is 12.4. The second kappa shape index (κ2) is 5.45. The minimum Gasteiger partial charge on any atom is -0.457 e. The molecule has 0 aliphatic rings. The first kappa shape index (κ1) is 13.6. The molecule has 0 unspecified atom stereocenters. The molecule has 3 nitrogen and oxygen atoms in total. The van der Waals surface area contributed by atoms with Gasteiger partial charge in [-0.1, -0.05) is 12.1 Å². The van der Waals surface area contributed by atoms with Crippen LogP contribution in [0.3, 0.4) is 0 Å². The van der Waals surface area contributed by atoms with Crippen molar-refractivity contribution in [1.82, 2.24) is 0 Å². The van der Waals surface area contributed by atoms with E-state index in [4.69, 9.17) is 15.9 Å². The minimum absolute atomic E-state index is 0.0326. The van der Waals surface area contributed by atoms with E-state index in [9.17, 15) is 0 Å². The van der Waals surface area contributed by atoms with Crippen LogP contribution in [-0.4, -0.2) is 5.84 Å². The number of ether oxygens (including phenoxy) is 1. The van der Waals surface area contributed by atoms with E-state index in [-0.39, 0.29) is 5.84 Å². The van der Waals surface area contributed by atoms with Gasteiger partial charge < -0.3 is 10.5 Å². The van der Waals surface area contributed by atoms with Crippen LogP contribution in [0.5, 0.6) is 11.5 Å². The average Bonchev–Trinajstić information content (AvgIpc) is 2.33. The molecule has 2 aromatic rings. The molecule has 0 aromatic heterocycles. The maximum Gasteiger partial charge on any atom is 0.130 e. The van der Waals surface area contributed by atoms with Gasteiger partial charge in [0, 0.05) is 10.0 Å². The van der Waals surface area contributed by atoms with Gasteiger partial charge in [-0.3, -0.25) is 5.41 Å². The fourth-order valence-electron chi connectivity index (χ4n) is 1.72. The first-order chi connectivity index (χ1) is 8.97. The van der Waals surface area contributed by atoms with E-state index >= 15 is 0 Å². The Balaban J connectivity index is 2.31. The van der Waals surface area contributed by atoms with Gasteiger partial charge >= 0.3 is 0 Å². The Morgan fingerprint density at radius 3 is 2.53 bits per heavy atom. The van der Waals surface area contributed by atoms with Gasteiger partial charge in [-0.2, -0.15) is 0 Å². The monoisotopic (exact) mass is 318 g/mol. The Morgan fingerprint density at radius 1 is 1.16 bits per heavy atom. The molecule has 0 atom stereocenters. The third-order valence-corrected chi connectivity index (χ3v) is 3.46. The molecular weight excluding hydrogens is 304 g/mol. The maximum absolute atomic E-state index is 7.44. The SMILES string of the molecule is Cc1ccc(C)c(Oc2ccc(C(=N)N)c(Br)c2)c1. The fraction of sp³-hybridized carbons (Fsp3) is 0.133. The first-order valence-electron chi connectivity index (χ1n) is 5.86. The molecule has 0 aliphatic carbocycles. The van der Waals surface area contributed by atoms with Crippen LogP contribution >= 0.6 is 15.9 Å². The van der Waals surface area contributed by atoms with Crippen molar-refractivity contribution in [3.8, 4) is 11.5 Å². The number of halogens is 1. The quantitative estimate of drug-likeness (QED) is 0.660. The van der Waals surface area contributed by atoms with Gasteiger partial charge in [-0.25, -0.2) is 0 Å². The summed E-state index contributed by atoms with van der Waals surface area (Å²) in [6.45, 7) is 4.04. The summed E-state index contributed by atoms with van der Waals surface area (Å²) in [5.74, 6) is 1.58. The van der Waals surface area contributed by atoms with Crippen LogP contribution in [0.1, 0.15) is 16.7 Å². The summed E-state index contributed by atoms with van der Waals surface area (Å²) in [5, 5.41) is 7.44. The summed E-state index contributed by atoms with van der Waals surface area (Å²) in [4.78, 5) is 0. The van der Waals surface area contributed by atoms with Crippen molar-refractivity contribution < 1.29 is 4.74 Å². The van der Waals surface area contributed by atoms with Gasteiger partial charge in [-0.15, -0.1) is 0 Å². The summed E-state index contributed by atoms with van der Waals surface area (Å²) < 4.78 is 6.62. The summed E-state index contributed by atoms with van der Waals surface area (Å²) >= 11 is 3.39. The molecule has 0 saturated carbocycles. The highest BCUT2D eigenvalue weighted by Gasteiger charge is 2.07. The van der Waals surface area contributed by atoms with Crippen LogP contribution in [0.4, 0.5) is 0 Å². The predicted molar refractivity (Wildman–Crippen MR) is 81.1 cm³/mol. The molecule has 0 bridgehead atoms. The molecule has 0 spiro atoms. The van der Waals surface area contributed by atoms with E-state index in [1.54, 1.807) is 6.07 Å². The molecular formula is C15H15BrN2O. The molecule has 0 aliphatic heterocycles. The van der Waals surface area contributed by atoms with Crippen LogP contribution < -0.4 is 10.5 Å². The van der Waals surface area contributed by atoms with Gasteiger partial charge in [0.05, 0.1) is 0 Å². The lowest BCUT2D eigenvalue weighted by Crippen LogP contribution is -2.11. The molecule has 3 N–H and O–H groups in total. The molecule has 4 heteroatoms. The molecule has 0 saturated heterocycles. The van der Waals surface area contributed by atoms with Gasteiger partial charge in [0.1, 0.15) is 17.3 Å². The van der Waals surface area contributed by atoms with Crippen molar-refractivity contribution >= 4 is 21.8 Å². The van der Waals surface area contributed by atoms with Crippen molar-refractivity contribution in [3.63, 3.8) is 0 Å². The van der Waals surface area contributed by atoms with Crippen LogP contribution in [0.15, 0.2) is 40.9 Å². The van der Waals surface area contributed by atoms with E-state index in [2.05, 4.69) is 22.0 Å². The van der Waals surface area contributed by atoms with E-state index in [1.165, 1.54) is 0 Å². The molecule has 0 amide bonds. The average molecular weight is 319 g/mol. The number of benzene rings is 2. The zero-order valence-electron chi connectivity index (χ0n) is 10.8. The first-order valence-corrected chi connectivity index (χ1v) is 6.65. The number of aryl methyl sites for hydroxylation is 2. The van der Waals surface area contributed by atoms with Crippen molar-refractivity contribution in [2.75, 3.05) is 0 Å². The molecule has 2 aromatic carbocycles. The van der Waals surface area contributed by atoms with Crippen LogP contribution in [-0.2, 0) is 0 Å². The zero-order chi connectivity index (χ0) is 14.0. The van der Waals surface area contributed by atoms with Gasteiger partial charge in [0.25, 0.3) is 0 Å². The summed E-state index contributed by atoms with van der Waals surface area (Å²) in [7, 11) is 0. The Morgan fingerprint density at radius 2 is 1.89 bits per heavy atom. The lowest BCUT2D eigenvalue weighted by Gasteiger charge is -2.11. The highest BCUT2D eigenvalue weighted by Crippen LogP contribution is 2.29. The maximum atomic E-state index is 7.44. The third-order valence-electron chi connectivity index (χ3n) is 2.80. The third kappa shape index (κ3) is 3.15. The second-order valence-corrected chi connectivity index (χ2v) is 5.28. The smallest absolute Gasteiger partial charge is 0.130 e. The largest absolute Gasteiger partial charge is 0.457 e. The number of hydrogen-bond acceptors (Lipinski definition) is 2. The van der Waals surface area contributed by atoms with Gasteiger partial charge in [0.2, 0.25) is 0 Å². The van der Waals surface area contributed by atoms with E-state index in [0.29, 0.717) is 11.3 Å². The Kier molecular flexibility index (Phi) is 3.90. The standard InChI is InChI=1S/C15H15BrN2O/c1-9-3-4-10(2)14(7-9)19-11-5-6-12(15(17)18)13(16)8-11/h3-8H,1-2H3,(H3,17,18). The summed E-state index contributed by atoms with van der Waals surface area (Å²) in [5.41, 5.74) is 8.37. The van der Waals surface area contributed by atoms with Gasteiger partial charge in [-0.05, 0) is 65.2 Å². The van der Waals surface area contributed by atoms with Crippen molar-refractivity contribution in [1.29, 1.82) is 5.41 Å². The highest BCUT2D eigenvalue weighted by atomic mass is 79.9. The van der Waals surface area contributed by atoms with E-state index < -0.39 is 0 Å². The number of rotatable bonds is 3. The number of hydrogen-bond donors (Lipinski definition) is 2. The topological polar surface area (TPSA) is 59.1 Å². The van der Waals surface area contributed by atoms with E-state index in [1.807, 2.05) is 38.1 Å². The Labute approximate surface area is 121 Å². The summed E-state index contributed by atoms with van der Waals surface area (Å²) in [6.07, 6.45) is 0. The lowest BCUT2D eigenvalue weighted by molar-refractivity contribution is 0.478. The second-order valence-electron chi connectivity index (χ2n) is 4.43. The predicted octanol–water partition coefficient (Wildman–Crippen LogP) is 4.14. The van der Waals surface area contributed by atoms with Gasteiger partial charge in [0.15, 0.2) is 0 Å². The molecule has 0 heterocycles. The number of amidine groups is 1. The summed E-state index contributed by atoms with van der Waals surface area (Å²) in [6, 6.07) is 11.5. The Hall–Kier alpha value is -1.81. The normalized spacial score (nSPS) is 10.3. The highest BCUT2D eigenvalue weighted by molar-refractivity contribution is 9.10. The lowest BCUT2D eigenvalue weighted by atomic mass is 10.1. The van der Waals surface area contributed by atoms with Crippen molar-refractivity contribution in [2.45, 2.75) is 13.8 Å². The molecule has 0 radical (unpaired) electrons. The molecule has 98 valence electrons. The van der Waals surface area contributed by atoms with Crippen LogP contribution in [0, 0.1) is 19.3 Å². The van der Waals surface area contributed by atoms with Crippen LogP contribution in [0.2, 0.25) is 0 Å². The number of nitrogens with one attached hydrogen (secondary N) is 1. The fourth-order valence-corrected chi connectivity index (χ4v) is 2.29. The number of nitrogens with two attached hydrogens (primary N) is 1. The molecule has 0 fully saturated rings. The Bertz CT molecular complexity index is 638. The molecule has 19 heavy (non-hydrogen) atoms. The van der Waals surface area contributed by atoms with E-state index in [0.717, 1.165) is 21.3 Å². The van der Waals surface area contributed by atoms with Crippen molar-refractivity contribution in [2.24, 2.45) is 5.73 Å². The van der Waals surface area contributed by atoms with Crippen molar-refractivity contribution in [3.05, 3.63) is 57.6 Å². The minimum atomic E-state index is 0.0326. The number of nitrogen functional groups attached to an aromatic ring is 1.